The molecule has 2 aromatic heterocycles. The summed E-state index contributed by atoms with van der Waals surface area (Å²) in [5.41, 5.74) is 1.69. The Morgan fingerprint density at radius 1 is 1.47 bits per heavy atom. The van der Waals surface area contributed by atoms with E-state index in [2.05, 4.69) is 25.9 Å². The Hall–Kier alpha value is -1.49. The van der Waals surface area contributed by atoms with Crippen molar-refractivity contribution in [3.05, 3.63) is 34.7 Å². The van der Waals surface area contributed by atoms with Gasteiger partial charge in [-0.1, -0.05) is 0 Å². The molecule has 3 heterocycles. The van der Waals surface area contributed by atoms with Crippen LogP contribution < -0.4 is 0 Å². The molecule has 6 heteroatoms. The largest absolute Gasteiger partial charge is 0.298 e. The van der Waals surface area contributed by atoms with Gasteiger partial charge in [-0.2, -0.15) is 0 Å². The van der Waals surface area contributed by atoms with E-state index in [0.29, 0.717) is 0 Å². The van der Waals surface area contributed by atoms with Crippen molar-refractivity contribution in [1.29, 1.82) is 0 Å². The fourth-order valence-corrected chi connectivity index (χ4v) is 3.79. The monoisotopic (exact) mass is 307 g/mol. The molecule has 0 N–H and O–H groups in total. The molecule has 1 aliphatic heterocycles. The highest BCUT2D eigenvalue weighted by molar-refractivity contribution is 9.14. The number of rotatable bonds is 1. The van der Waals surface area contributed by atoms with Gasteiger partial charge in [0.05, 0.1) is 3.81 Å². The zero-order chi connectivity index (χ0) is 11.8. The predicted molar refractivity (Wildman–Crippen MR) is 70.2 cm³/mol. The number of halogens is 1. The molecule has 0 spiro atoms. The number of pyridine rings is 1. The third kappa shape index (κ3) is 1.61. The smallest absolute Gasteiger partial charge is 0.167 e. The summed E-state index contributed by atoms with van der Waals surface area (Å²) in [6, 6.07) is 3.77. The highest BCUT2D eigenvalue weighted by Gasteiger charge is 2.23. The molecule has 0 fully saturated rings. The third-order valence-electron chi connectivity index (χ3n) is 2.40. The summed E-state index contributed by atoms with van der Waals surface area (Å²) in [4.78, 5) is 19.4. The molecule has 0 radical (unpaired) electrons. The quantitative estimate of drug-likeness (QED) is 0.761. The van der Waals surface area contributed by atoms with Gasteiger partial charge in [-0.25, -0.2) is 9.78 Å². The molecule has 4 nitrogen and oxygen atoms in total. The highest BCUT2D eigenvalue weighted by atomic mass is 79.9. The zero-order valence-electron chi connectivity index (χ0n) is 8.50. The third-order valence-corrected chi connectivity index (χ3v) is 5.02. The number of carbonyl (C=O) groups excluding carboxylic acids is 1. The molecule has 0 bridgehead atoms. The molecular weight excluding hydrogens is 302 g/mol. The normalized spacial score (nSPS) is 17.5. The molecule has 17 heavy (non-hydrogen) atoms. The average Bonchev–Trinajstić information content (AvgIpc) is 2.88. The highest BCUT2D eigenvalue weighted by Crippen LogP contribution is 2.47. The summed E-state index contributed by atoms with van der Waals surface area (Å²) in [6.07, 6.45) is 6.99. The minimum absolute atomic E-state index is 0.690. The van der Waals surface area contributed by atoms with Crippen LogP contribution in [0.15, 0.2) is 39.7 Å². The minimum Gasteiger partial charge on any atom is -0.298 e. The van der Waals surface area contributed by atoms with Crippen molar-refractivity contribution in [3.63, 3.8) is 0 Å². The van der Waals surface area contributed by atoms with Crippen LogP contribution in [0.3, 0.4) is 0 Å². The first kappa shape index (κ1) is 10.7. The van der Waals surface area contributed by atoms with Crippen molar-refractivity contribution in [2.45, 2.75) is 5.03 Å². The SMILES string of the molecule is O=C=S1C(Br)=Cn2cnc(-c3cccnc3)c21. The molecule has 0 amide bonds. The topological polar surface area (TPSA) is 47.8 Å². The minimum atomic E-state index is -0.690. The summed E-state index contributed by atoms with van der Waals surface area (Å²) in [7, 11) is -0.690. The second-order valence-electron chi connectivity index (χ2n) is 3.37. The molecule has 0 saturated carbocycles. The van der Waals surface area contributed by atoms with Gasteiger partial charge in [0.15, 0.2) is 5.23 Å². The van der Waals surface area contributed by atoms with Gasteiger partial charge >= 0.3 is 0 Å². The Morgan fingerprint density at radius 2 is 2.35 bits per heavy atom. The van der Waals surface area contributed by atoms with Crippen molar-refractivity contribution in [2.24, 2.45) is 0 Å². The maximum atomic E-state index is 11.0. The summed E-state index contributed by atoms with van der Waals surface area (Å²) < 4.78 is 2.68. The van der Waals surface area contributed by atoms with E-state index in [-0.39, 0.29) is 0 Å². The average molecular weight is 308 g/mol. The van der Waals surface area contributed by atoms with Crippen molar-refractivity contribution >= 4 is 37.8 Å². The molecule has 1 unspecified atom stereocenters. The van der Waals surface area contributed by atoms with Gasteiger partial charge in [0.25, 0.3) is 0 Å². The Bertz CT molecular complexity index is 671. The summed E-state index contributed by atoms with van der Waals surface area (Å²) in [5, 5.41) is 2.91. The molecule has 0 saturated heterocycles. The van der Waals surface area contributed by atoms with Gasteiger partial charge in [0, 0.05) is 24.2 Å². The molecule has 2 aromatic rings. The van der Waals surface area contributed by atoms with Gasteiger partial charge in [0.2, 0.25) is 0 Å². The van der Waals surface area contributed by atoms with Gasteiger partial charge in [-0.15, -0.1) is 0 Å². The van der Waals surface area contributed by atoms with Crippen molar-refractivity contribution in [2.75, 3.05) is 0 Å². The van der Waals surface area contributed by atoms with Crippen LogP contribution in [0.5, 0.6) is 0 Å². The van der Waals surface area contributed by atoms with Gasteiger partial charge in [0.1, 0.15) is 17.0 Å². The second-order valence-corrected chi connectivity index (χ2v) is 6.35. The van der Waals surface area contributed by atoms with Crippen LogP contribution in [0.25, 0.3) is 17.5 Å². The van der Waals surface area contributed by atoms with Crippen molar-refractivity contribution < 1.29 is 4.79 Å². The van der Waals surface area contributed by atoms with Crippen LogP contribution in [0.2, 0.25) is 0 Å². The standard InChI is InChI=1S/C11H6BrN3OS/c12-9-5-15-6-14-10(11(15)17(9)7-16)8-2-1-3-13-4-8/h1-6H. The first-order valence-corrected chi connectivity index (χ1v) is 6.79. The van der Waals surface area contributed by atoms with E-state index in [0.717, 1.165) is 20.1 Å². The number of fused-ring (bicyclic) bond motifs is 1. The van der Waals surface area contributed by atoms with Crippen LogP contribution in [0.1, 0.15) is 0 Å². The molecule has 3 rings (SSSR count). The summed E-state index contributed by atoms with van der Waals surface area (Å²) >= 11 is 3.38. The lowest BCUT2D eigenvalue weighted by atomic mass is 10.2. The Kier molecular flexibility index (Phi) is 2.55. The number of aromatic nitrogens is 3. The van der Waals surface area contributed by atoms with Gasteiger partial charge in [-0.05, 0) is 38.5 Å². The van der Waals surface area contributed by atoms with Crippen LogP contribution in [0.4, 0.5) is 0 Å². The van der Waals surface area contributed by atoms with Crippen LogP contribution in [-0.4, -0.2) is 19.8 Å². The lowest BCUT2D eigenvalue weighted by Crippen LogP contribution is -1.84. The van der Waals surface area contributed by atoms with E-state index in [9.17, 15) is 4.79 Å². The van der Waals surface area contributed by atoms with E-state index in [1.165, 1.54) is 0 Å². The lowest BCUT2D eigenvalue weighted by Gasteiger charge is -2.00. The molecule has 1 atom stereocenters. The molecular formula is C11H6BrN3OS. The van der Waals surface area contributed by atoms with Crippen LogP contribution >= 0.6 is 26.4 Å². The Morgan fingerprint density at radius 3 is 3.06 bits per heavy atom. The summed E-state index contributed by atoms with van der Waals surface area (Å²) in [5.74, 6) is 0. The number of hydrogen-bond acceptors (Lipinski definition) is 3. The maximum absolute atomic E-state index is 11.0. The predicted octanol–water partition coefficient (Wildman–Crippen LogP) is 2.80. The lowest BCUT2D eigenvalue weighted by molar-refractivity contribution is 0.572. The van der Waals surface area contributed by atoms with E-state index >= 15 is 0 Å². The van der Waals surface area contributed by atoms with Crippen molar-refractivity contribution in [1.82, 2.24) is 14.5 Å². The van der Waals surface area contributed by atoms with E-state index in [1.807, 2.05) is 28.1 Å². The van der Waals surface area contributed by atoms with E-state index in [4.69, 9.17) is 0 Å². The fraction of sp³-hybridized carbons (Fsp3) is 0. The van der Waals surface area contributed by atoms with Crippen LogP contribution in [-0.2, 0) is 4.79 Å². The van der Waals surface area contributed by atoms with E-state index in [1.54, 1.807) is 18.7 Å². The first-order valence-electron chi connectivity index (χ1n) is 4.78. The summed E-state index contributed by atoms with van der Waals surface area (Å²) in [6.45, 7) is 0. The van der Waals surface area contributed by atoms with Crippen molar-refractivity contribution in [3.8, 4) is 11.3 Å². The van der Waals surface area contributed by atoms with Gasteiger partial charge in [-0.3, -0.25) is 9.55 Å². The molecule has 1 aliphatic rings. The molecule has 0 aromatic carbocycles. The Balaban J connectivity index is 2.24. The molecule has 0 aliphatic carbocycles. The Labute approximate surface area is 108 Å². The molecule has 84 valence electrons. The zero-order valence-corrected chi connectivity index (χ0v) is 10.9. The number of hydrogen-bond donors (Lipinski definition) is 0. The number of nitrogens with zero attached hydrogens (tertiary/aromatic N) is 3. The number of imidazole rings is 1. The van der Waals surface area contributed by atoms with Crippen LogP contribution in [0, 0.1) is 0 Å². The fourth-order valence-electron chi connectivity index (χ4n) is 1.68. The van der Waals surface area contributed by atoms with E-state index < -0.39 is 10.5 Å². The maximum Gasteiger partial charge on any atom is 0.167 e. The van der Waals surface area contributed by atoms with Gasteiger partial charge < -0.3 is 0 Å². The second kappa shape index (κ2) is 4.07. The first-order chi connectivity index (χ1) is 8.31.